The van der Waals surface area contributed by atoms with E-state index in [-0.39, 0.29) is 0 Å². The van der Waals surface area contributed by atoms with Gasteiger partial charge in [0, 0.05) is 30.6 Å². The fourth-order valence-corrected chi connectivity index (χ4v) is 3.51. The third-order valence-electron chi connectivity index (χ3n) is 3.82. The molecule has 0 spiro atoms. The molecule has 0 saturated heterocycles. The SMILES string of the molecule is CCCNC(C)c1sc(N(CCOC)C(C)CC)nc1C. The first-order valence-corrected chi connectivity index (χ1v) is 8.82. The second kappa shape index (κ2) is 9.38. The van der Waals surface area contributed by atoms with Crippen LogP contribution in [0.5, 0.6) is 0 Å². The fraction of sp³-hybridized carbons (Fsp3) is 0.812. The summed E-state index contributed by atoms with van der Waals surface area (Å²) in [4.78, 5) is 8.53. The summed E-state index contributed by atoms with van der Waals surface area (Å²) in [6, 6.07) is 0.856. The fourth-order valence-electron chi connectivity index (χ4n) is 2.29. The van der Waals surface area contributed by atoms with Crippen molar-refractivity contribution in [1.82, 2.24) is 10.3 Å². The number of thiazole rings is 1. The maximum Gasteiger partial charge on any atom is 0.186 e. The van der Waals surface area contributed by atoms with Crippen molar-refractivity contribution in [2.75, 3.05) is 31.7 Å². The Morgan fingerprint density at radius 2 is 2.05 bits per heavy atom. The highest BCUT2D eigenvalue weighted by Crippen LogP contribution is 2.32. The van der Waals surface area contributed by atoms with E-state index in [9.17, 15) is 0 Å². The van der Waals surface area contributed by atoms with Gasteiger partial charge < -0.3 is 15.0 Å². The van der Waals surface area contributed by atoms with Crippen molar-refractivity contribution in [3.8, 4) is 0 Å². The van der Waals surface area contributed by atoms with Crippen LogP contribution in [-0.4, -0.2) is 37.8 Å². The lowest BCUT2D eigenvalue weighted by atomic mass is 10.2. The molecule has 1 aromatic rings. The Balaban J connectivity index is 2.89. The average Bonchev–Trinajstić information content (AvgIpc) is 2.86. The molecular weight excluding hydrogens is 282 g/mol. The molecule has 122 valence electrons. The lowest BCUT2D eigenvalue weighted by Crippen LogP contribution is -2.35. The number of nitrogens with zero attached hydrogens (tertiary/aromatic N) is 2. The van der Waals surface area contributed by atoms with Crippen LogP contribution in [0.2, 0.25) is 0 Å². The largest absolute Gasteiger partial charge is 0.383 e. The summed E-state index contributed by atoms with van der Waals surface area (Å²) in [5, 5.41) is 4.68. The van der Waals surface area contributed by atoms with Crippen molar-refractivity contribution in [3.05, 3.63) is 10.6 Å². The minimum Gasteiger partial charge on any atom is -0.383 e. The number of ether oxygens (including phenoxy) is 1. The van der Waals surface area contributed by atoms with Crippen molar-refractivity contribution in [3.63, 3.8) is 0 Å². The molecule has 0 aromatic carbocycles. The Bertz CT molecular complexity index is 408. The van der Waals surface area contributed by atoms with E-state index in [1.165, 1.54) is 4.88 Å². The van der Waals surface area contributed by atoms with Crippen molar-refractivity contribution >= 4 is 16.5 Å². The van der Waals surface area contributed by atoms with Crippen molar-refractivity contribution < 1.29 is 4.74 Å². The Morgan fingerprint density at radius 3 is 2.62 bits per heavy atom. The van der Waals surface area contributed by atoms with E-state index >= 15 is 0 Å². The van der Waals surface area contributed by atoms with Gasteiger partial charge in [0.05, 0.1) is 12.3 Å². The Hall–Kier alpha value is -0.650. The maximum absolute atomic E-state index is 5.25. The van der Waals surface area contributed by atoms with Gasteiger partial charge in [-0.15, -0.1) is 11.3 Å². The number of anilines is 1. The van der Waals surface area contributed by atoms with Gasteiger partial charge >= 0.3 is 0 Å². The second-order valence-corrected chi connectivity index (χ2v) is 6.57. The summed E-state index contributed by atoms with van der Waals surface area (Å²) in [5.74, 6) is 0. The second-order valence-electron chi connectivity index (χ2n) is 5.57. The van der Waals surface area contributed by atoms with Gasteiger partial charge in [0.15, 0.2) is 5.13 Å². The smallest absolute Gasteiger partial charge is 0.186 e. The molecule has 1 heterocycles. The zero-order valence-electron chi connectivity index (χ0n) is 14.4. The molecule has 0 bridgehead atoms. The van der Waals surface area contributed by atoms with Crippen molar-refractivity contribution in [1.29, 1.82) is 0 Å². The van der Waals surface area contributed by atoms with E-state index in [1.54, 1.807) is 7.11 Å². The molecule has 21 heavy (non-hydrogen) atoms. The van der Waals surface area contributed by atoms with Gasteiger partial charge in [-0.25, -0.2) is 4.98 Å². The highest BCUT2D eigenvalue weighted by molar-refractivity contribution is 7.15. The minimum absolute atomic E-state index is 0.373. The number of aromatic nitrogens is 1. The van der Waals surface area contributed by atoms with Crippen LogP contribution in [0.15, 0.2) is 0 Å². The van der Waals surface area contributed by atoms with E-state index in [0.29, 0.717) is 12.1 Å². The molecule has 1 rings (SSSR count). The molecule has 1 N–H and O–H groups in total. The zero-order chi connectivity index (χ0) is 15.8. The van der Waals surface area contributed by atoms with E-state index in [4.69, 9.17) is 9.72 Å². The first-order chi connectivity index (χ1) is 10.0. The molecule has 0 aliphatic carbocycles. The minimum atomic E-state index is 0.373. The molecule has 5 heteroatoms. The Labute approximate surface area is 133 Å². The number of nitrogens with one attached hydrogen (secondary N) is 1. The van der Waals surface area contributed by atoms with E-state index in [0.717, 1.165) is 43.4 Å². The van der Waals surface area contributed by atoms with E-state index in [2.05, 4.69) is 44.8 Å². The van der Waals surface area contributed by atoms with E-state index in [1.807, 2.05) is 11.3 Å². The van der Waals surface area contributed by atoms with Gasteiger partial charge in [0.1, 0.15) is 0 Å². The first kappa shape index (κ1) is 18.4. The van der Waals surface area contributed by atoms with Crippen molar-refractivity contribution in [2.24, 2.45) is 0 Å². The summed E-state index contributed by atoms with van der Waals surface area (Å²) in [6.07, 6.45) is 2.27. The molecule has 2 atom stereocenters. The first-order valence-electron chi connectivity index (χ1n) is 8.01. The number of rotatable bonds is 10. The van der Waals surface area contributed by atoms with Gasteiger partial charge in [0.2, 0.25) is 0 Å². The standard InChI is InChI=1S/C16H31N3OS/c1-7-9-17-13(4)15-14(5)18-16(21-15)19(10-11-20-6)12(3)8-2/h12-13,17H,7-11H2,1-6H3. The predicted octanol–water partition coefficient (Wildman–Crippen LogP) is 3.76. The molecule has 0 amide bonds. The molecule has 4 nitrogen and oxygen atoms in total. The summed E-state index contributed by atoms with van der Waals surface area (Å²) in [6.45, 7) is 13.7. The molecule has 0 radical (unpaired) electrons. The highest BCUT2D eigenvalue weighted by Gasteiger charge is 2.20. The predicted molar refractivity (Wildman–Crippen MR) is 92.5 cm³/mol. The lowest BCUT2D eigenvalue weighted by molar-refractivity contribution is 0.203. The zero-order valence-corrected chi connectivity index (χ0v) is 15.2. The monoisotopic (exact) mass is 313 g/mol. The topological polar surface area (TPSA) is 37.4 Å². The molecule has 0 saturated carbocycles. The Morgan fingerprint density at radius 1 is 1.33 bits per heavy atom. The normalized spacial score (nSPS) is 14.2. The summed E-state index contributed by atoms with van der Waals surface area (Å²) in [7, 11) is 1.75. The van der Waals surface area contributed by atoms with Gasteiger partial charge in [0.25, 0.3) is 0 Å². The lowest BCUT2D eigenvalue weighted by Gasteiger charge is -2.27. The van der Waals surface area contributed by atoms with E-state index < -0.39 is 0 Å². The van der Waals surface area contributed by atoms with Crippen LogP contribution in [0.1, 0.15) is 57.1 Å². The summed E-state index contributed by atoms with van der Waals surface area (Å²) >= 11 is 1.82. The number of hydrogen-bond donors (Lipinski definition) is 1. The third-order valence-corrected chi connectivity index (χ3v) is 5.20. The average molecular weight is 314 g/mol. The molecule has 2 unspecified atom stereocenters. The molecule has 1 aromatic heterocycles. The van der Waals surface area contributed by atoms with Crippen LogP contribution < -0.4 is 10.2 Å². The van der Waals surface area contributed by atoms with Gasteiger partial charge in [-0.3, -0.25) is 0 Å². The molecule has 0 aliphatic rings. The van der Waals surface area contributed by atoms with Gasteiger partial charge in [-0.2, -0.15) is 0 Å². The van der Waals surface area contributed by atoms with Gasteiger partial charge in [-0.05, 0) is 40.2 Å². The molecule has 0 aliphatic heterocycles. The van der Waals surface area contributed by atoms with Gasteiger partial charge in [-0.1, -0.05) is 13.8 Å². The third kappa shape index (κ3) is 5.24. The molecular formula is C16H31N3OS. The van der Waals surface area contributed by atoms with Crippen LogP contribution in [-0.2, 0) is 4.74 Å². The number of hydrogen-bond acceptors (Lipinski definition) is 5. The van der Waals surface area contributed by atoms with Crippen molar-refractivity contribution in [2.45, 2.75) is 59.5 Å². The summed E-state index contributed by atoms with van der Waals surface area (Å²) in [5.41, 5.74) is 1.15. The number of methoxy groups -OCH3 is 1. The quantitative estimate of drug-likeness (QED) is 0.713. The molecule has 0 fully saturated rings. The van der Waals surface area contributed by atoms with Crippen LogP contribution in [0.25, 0.3) is 0 Å². The van der Waals surface area contributed by atoms with Crippen LogP contribution in [0, 0.1) is 6.92 Å². The summed E-state index contributed by atoms with van der Waals surface area (Å²) < 4.78 is 5.25. The van der Waals surface area contributed by atoms with Crippen LogP contribution in [0.4, 0.5) is 5.13 Å². The maximum atomic E-state index is 5.25. The Kier molecular flexibility index (Phi) is 8.22. The highest BCUT2D eigenvalue weighted by atomic mass is 32.1. The number of aryl methyl sites for hydroxylation is 1. The van der Waals surface area contributed by atoms with Crippen LogP contribution >= 0.6 is 11.3 Å². The van der Waals surface area contributed by atoms with Crippen LogP contribution in [0.3, 0.4) is 0 Å².